The van der Waals surface area contributed by atoms with Crippen LogP contribution in [0.4, 0.5) is 17.3 Å². The zero-order valence-electron chi connectivity index (χ0n) is 25.9. The van der Waals surface area contributed by atoms with Crippen LogP contribution in [-0.4, -0.2) is 61.2 Å². The van der Waals surface area contributed by atoms with Crippen molar-refractivity contribution in [2.75, 3.05) is 36.5 Å². The van der Waals surface area contributed by atoms with Gasteiger partial charge in [-0.1, -0.05) is 47.6 Å². The highest BCUT2D eigenvalue weighted by atomic mass is 16.3. The summed E-state index contributed by atoms with van der Waals surface area (Å²) in [5.41, 5.74) is 18.9. The highest BCUT2D eigenvalue weighted by Crippen LogP contribution is 2.56. The van der Waals surface area contributed by atoms with Crippen molar-refractivity contribution in [3.8, 4) is 5.75 Å². The zero-order chi connectivity index (χ0) is 32.3. The quantitative estimate of drug-likeness (QED) is 0.0716. The second-order valence-corrected chi connectivity index (χ2v) is 12.8. The van der Waals surface area contributed by atoms with Gasteiger partial charge in [0.1, 0.15) is 11.6 Å². The summed E-state index contributed by atoms with van der Waals surface area (Å²) in [6.07, 6.45) is 6.28. The molecule has 3 aliphatic rings. The number of aliphatic hydroxyl groups excluding tert-OH is 1. The lowest BCUT2D eigenvalue weighted by atomic mass is 9.53. The number of phenols is 1. The van der Waals surface area contributed by atoms with Crippen molar-refractivity contribution in [3.63, 3.8) is 0 Å². The molecule has 7 rings (SSSR count). The molecule has 9 N–H and O–H groups in total. The molecule has 2 bridgehead atoms. The number of nitrogens with two attached hydrogens (primary N) is 3. The lowest BCUT2D eigenvalue weighted by Gasteiger charge is -2.60. The van der Waals surface area contributed by atoms with Gasteiger partial charge in [0.25, 0.3) is 0 Å². The summed E-state index contributed by atoms with van der Waals surface area (Å²) in [7, 11) is 0. The number of rotatable bonds is 13. The van der Waals surface area contributed by atoms with Crippen molar-refractivity contribution in [2.45, 2.75) is 68.0 Å². The lowest BCUT2D eigenvalue weighted by molar-refractivity contribution is -0.0992. The maximum absolute atomic E-state index is 11.6. The van der Waals surface area contributed by atoms with E-state index in [1.54, 1.807) is 24.3 Å². The number of nitrogen functional groups attached to an aromatic ring is 3. The first-order chi connectivity index (χ1) is 22.3. The fourth-order valence-corrected chi connectivity index (χ4v) is 7.93. The monoisotopic (exact) mass is 625 g/mol. The van der Waals surface area contributed by atoms with Gasteiger partial charge in [0.15, 0.2) is 5.82 Å². The molecule has 46 heavy (non-hydrogen) atoms. The summed E-state index contributed by atoms with van der Waals surface area (Å²) >= 11 is 0. The number of fused-ring (bicyclic) bond motifs is 3. The van der Waals surface area contributed by atoms with Gasteiger partial charge in [-0.2, -0.15) is 10.0 Å². The van der Waals surface area contributed by atoms with Crippen LogP contribution in [0.3, 0.4) is 0 Å². The van der Waals surface area contributed by atoms with Gasteiger partial charge in [0.05, 0.1) is 30.6 Å². The molecule has 0 aliphatic heterocycles. The molecule has 2 unspecified atom stereocenters. The van der Waals surface area contributed by atoms with E-state index in [0.29, 0.717) is 44.0 Å². The number of pyridine rings is 1. The fraction of sp³-hybridized carbons (Fsp3) is 0.412. The highest BCUT2D eigenvalue weighted by molar-refractivity contribution is 5.70. The smallest absolute Gasteiger partial charge is 0.165 e. The SMILES string of the molecule is NNc1nc(N)cc(C(CCN(CCN=O)C23CCC(c4ccccc4)(CC2)C(O)C3)c2ccn(Cc3cccc(O)c3)n2)c1N. The second kappa shape index (κ2) is 13.1. The van der Waals surface area contributed by atoms with Gasteiger partial charge in [-0.05, 0) is 86.0 Å². The normalized spacial score (nSPS) is 23.0. The van der Waals surface area contributed by atoms with Crippen LogP contribution in [0.25, 0.3) is 0 Å². The number of aromatic hydroxyl groups is 1. The Morgan fingerprint density at radius 1 is 1.04 bits per heavy atom. The van der Waals surface area contributed by atoms with E-state index in [1.165, 1.54) is 5.56 Å². The van der Waals surface area contributed by atoms with Crippen LogP contribution in [0.5, 0.6) is 5.75 Å². The first-order valence-corrected chi connectivity index (χ1v) is 15.9. The zero-order valence-corrected chi connectivity index (χ0v) is 25.9. The van der Waals surface area contributed by atoms with Crippen LogP contribution in [0.15, 0.2) is 78.1 Å². The maximum atomic E-state index is 11.6. The Labute approximate surface area is 268 Å². The average Bonchev–Trinajstić information content (AvgIpc) is 3.52. The van der Waals surface area contributed by atoms with Crippen molar-refractivity contribution in [3.05, 3.63) is 100 Å². The van der Waals surface area contributed by atoms with Crippen LogP contribution in [-0.2, 0) is 12.0 Å². The highest BCUT2D eigenvalue weighted by Gasteiger charge is 2.56. The Hall–Kier alpha value is -4.52. The Morgan fingerprint density at radius 2 is 1.83 bits per heavy atom. The third-order valence-corrected chi connectivity index (χ3v) is 10.3. The summed E-state index contributed by atoms with van der Waals surface area (Å²) in [4.78, 5) is 18.0. The standard InChI is InChI=1S/C34H43N9O3/c35-30-20-27(31(36)32(39-30)40-37)26(28-10-17-43(41-28)22-23-5-4-8-25(44)19-23)9-16-42(18-15-38-46)33-11-13-34(14-12-33,29(45)21-33)24-6-2-1-3-7-24/h1-8,10,17,19-20,26,29,44-45H,9,11-16,18,21-22,36-37H2,(H3,35,39,40). The van der Waals surface area contributed by atoms with Crippen molar-refractivity contribution < 1.29 is 10.2 Å². The number of aliphatic hydroxyl groups is 1. The third kappa shape index (κ3) is 6.03. The average molecular weight is 626 g/mol. The minimum Gasteiger partial charge on any atom is -0.508 e. The number of aromatic nitrogens is 3. The van der Waals surface area contributed by atoms with E-state index in [1.807, 2.05) is 41.2 Å². The Bertz CT molecular complexity index is 1650. The second-order valence-electron chi connectivity index (χ2n) is 12.8. The Kier molecular flexibility index (Phi) is 8.94. The number of anilines is 3. The summed E-state index contributed by atoms with van der Waals surface area (Å²) in [5, 5.41) is 29.7. The number of benzene rings is 2. The molecule has 2 heterocycles. The molecule has 3 saturated carbocycles. The first kappa shape index (κ1) is 31.5. The largest absolute Gasteiger partial charge is 0.508 e. The van der Waals surface area contributed by atoms with E-state index in [2.05, 4.69) is 32.6 Å². The number of phenolic OH excluding ortho intramolecular Hbond substituents is 1. The summed E-state index contributed by atoms with van der Waals surface area (Å²) in [6, 6.07) is 21.2. The van der Waals surface area contributed by atoms with E-state index in [9.17, 15) is 15.1 Å². The molecule has 242 valence electrons. The molecule has 0 radical (unpaired) electrons. The van der Waals surface area contributed by atoms with Gasteiger partial charge in [0, 0.05) is 29.6 Å². The molecule has 0 amide bonds. The van der Waals surface area contributed by atoms with Crippen molar-refractivity contribution >= 4 is 17.3 Å². The number of hydrogen-bond donors (Lipinski definition) is 6. The molecule has 2 aromatic carbocycles. The van der Waals surface area contributed by atoms with E-state index in [-0.39, 0.29) is 35.0 Å². The van der Waals surface area contributed by atoms with E-state index < -0.39 is 6.10 Å². The first-order valence-electron chi connectivity index (χ1n) is 15.9. The summed E-state index contributed by atoms with van der Waals surface area (Å²) in [5.74, 6) is 6.25. The minimum atomic E-state index is -0.484. The number of nitrogens with one attached hydrogen (secondary N) is 1. The molecule has 12 heteroatoms. The van der Waals surface area contributed by atoms with Crippen LogP contribution >= 0.6 is 0 Å². The number of nitroso groups, excluding NO2 is 1. The van der Waals surface area contributed by atoms with Crippen LogP contribution < -0.4 is 22.7 Å². The molecule has 3 aliphatic carbocycles. The number of hydrazine groups is 1. The van der Waals surface area contributed by atoms with Gasteiger partial charge >= 0.3 is 0 Å². The molecule has 3 fully saturated rings. The van der Waals surface area contributed by atoms with E-state index in [0.717, 1.165) is 42.5 Å². The Morgan fingerprint density at radius 3 is 2.52 bits per heavy atom. The van der Waals surface area contributed by atoms with Gasteiger partial charge in [-0.25, -0.2) is 10.8 Å². The molecule has 0 spiro atoms. The predicted octanol–water partition coefficient (Wildman–Crippen LogP) is 4.09. The molecule has 2 aromatic heterocycles. The van der Waals surface area contributed by atoms with Gasteiger partial charge in [-0.3, -0.25) is 9.58 Å². The summed E-state index contributed by atoms with van der Waals surface area (Å²) in [6.45, 7) is 1.76. The van der Waals surface area contributed by atoms with Gasteiger partial charge in [0.2, 0.25) is 0 Å². The fourth-order valence-electron chi connectivity index (χ4n) is 7.93. The molecular weight excluding hydrogens is 582 g/mol. The van der Waals surface area contributed by atoms with Crippen molar-refractivity contribution in [2.24, 2.45) is 11.0 Å². The molecular formula is C34H43N9O3. The summed E-state index contributed by atoms with van der Waals surface area (Å²) < 4.78 is 1.83. The minimum absolute atomic E-state index is 0.163. The lowest BCUT2D eigenvalue weighted by Crippen LogP contribution is -2.64. The van der Waals surface area contributed by atoms with E-state index >= 15 is 0 Å². The van der Waals surface area contributed by atoms with Crippen molar-refractivity contribution in [1.82, 2.24) is 19.7 Å². The van der Waals surface area contributed by atoms with Crippen LogP contribution in [0.2, 0.25) is 0 Å². The molecule has 0 saturated heterocycles. The molecule has 4 aromatic rings. The number of nitrogens with zero attached hydrogens (tertiary/aromatic N) is 5. The predicted molar refractivity (Wildman–Crippen MR) is 179 cm³/mol. The van der Waals surface area contributed by atoms with E-state index in [4.69, 9.17) is 22.4 Å². The molecule has 12 nitrogen and oxygen atoms in total. The third-order valence-electron chi connectivity index (χ3n) is 10.3. The maximum Gasteiger partial charge on any atom is 0.165 e. The Balaban J connectivity index is 1.29. The topological polar surface area (TPSA) is 194 Å². The van der Waals surface area contributed by atoms with Gasteiger partial charge < -0.3 is 27.1 Å². The van der Waals surface area contributed by atoms with Crippen LogP contribution in [0, 0.1) is 4.91 Å². The number of hydrogen-bond acceptors (Lipinski definition) is 11. The molecule has 2 atom stereocenters. The van der Waals surface area contributed by atoms with Crippen molar-refractivity contribution in [1.29, 1.82) is 0 Å². The van der Waals surface area contributed by atoms with Crippen LogP contribution in [0.1, 0.15) is 66.8 Å². The van der Waals surface area contributed by atoms with Gasteiger partial charge in [-0.15, -0.1) is 0 Å².